The normalized spacial score (nSPS) is 12.2. The van der Waals surface area contributed by atoms with Crippen molar-refractivity contribution in [3.63, 3.8) is 0 Å². The first-order valence-electron chi connectivity index (χ1n) is 10.7. The molecule has 1 aromatic carbocycles. The SMILES string of the molecule is Cc1noc(C)c1-c1cnc2c(c1)c(-c1ccc(C(=O)O)cc1F)cn2C(C)c1ccccn1. The van der Waals surface area contributed by atoms with Gasteiger partial charge in [0.15, 0.2) is 0 Å². The molecule has 4 heterocycles. The third-order valence-electron chi connectivity index (χ3n) is 6.03. The molecule has 0 aliphatic heterocycles. The summed E-state index contributed by atoms with van der Waals surface area (Å²) in [6.45, 7) is 5.69. The van der Waals surface area contributed by atoms with Crippen LogP contribution in [0, 0.1) is 19.7 Å². The van der Waals surface area contributed by atoms with Gasteiger partial charge in [-0.2, -0.15) is 0 Å². The average Bonchev–Trinajstić information content (AvgIpc) is 3.38. The van der Waals surface area contributed by atoms with Crippen molar-refractivity contribution in [2.75, 3.05) is 0 Å². The second-order valence-electron chi connectivity index (χ2n) is 8.17. The molecule has 0 saturated carbocycles. The number of halogens is 1. The molecule has 0 saturated heterocycles. The van der Waals surface area contributed by atoms with Gasteiger partial charge in [0.1, 0.15) is 17.2 Å². The number of aryl methyl sites for hydroxylation is 2. The lowest BCUT2D eigenvalue weighted by atomic mass is 10.0. The molecule has 8 heteroatoms. The van der Waals surface area contributed by atoms with Crippen molar-refractivity contribution in [3.8, 4) is 22.3 Å². The molecule has 1 atom stereocenters. The minimum Gasteiger partial charge on any atom is -0.478 e. The van der Waals surface area contributed by atoms with Gasteiger partial charge in [-0.3, -0.25) is 4.98 Å². The molecule has 170 valence electrons. The van der Waals surface area contributed by atoms with Crippen LogP contribution in [0.2, 0.25) is 0 Å². The number of carboxylic acid groups (broad SMARTS) is 1. The van der Waals surface area contributed by atoms with E-state index in [1.807, 2.05) is 55.8 Å². The summed E-state index contributed by atoms with van der Waals surface area (Å²) < 4.78 is 22.4. The first-order chi connectivity index (χ1) is 16.3. The van der Waals surface area contributed by atoms with Crippen molar-refractivity contribution >= 4 is 17.0 Å². The molecule has 34 heavy (non-hydrogen) atoms. The molecule has 4 aromatic heterocycles. The zero-order valence-corrected chi connectivity index (χ0v) is 18.8. The molecule has 1 unspecified atom stereocenters. The van der Waals surface area contributed by atoms with Crippen LogP contribution in [0.5, 0.6) is 0 Å². The summed E-state index contributed by atoms with van der Waals surface area (Å²) in [6.07, 6.45) is 5.32. The van der Waals surface area contributed by atoms with E-state index in [2.05, 4.69) is 10.1 Å². The molecular formula is C26H21FN4O3. The maximum atomic E-state index is 15.1. The number of carboxylic acids is 1. The van der Waals surface area contributed by atoms with Crippen molar-refractivity contribution in [2.24, 2.45) is 0 Å². The predicted octanol–water partition coefficient (Wildman–Crippen LogP) is 5.82. The van der Waals surface area contributed by atoms with Crippen LogP contribution >= 0.6 is 0 Å². The predicted molar refractivity (Wildman–Crippen MR) is 125 cm³/mol. The average molecular weight is 456 g/mol. The Labute approximate surface area is 194 Å². The summed E-state index contributed by atoms with van der Waals surface area (Å²) in [5, 5.41) is 14.0. The summed E-state index contributed by atoms with van der Waals surface area (Å²) in [5.74, 6) is -1.13. The fourth-order valence-corrected chi connectivity index (χ4v) is 4.31. The van der Waals surface area contributed by atoms with E-state index < -0.39 is 11.8 Å². The third kappa shape index (κ3) is 3.53. The zero-order valence-electron chi connectivity index (χ0n) is 18.8. The van der Waals surface area contributed by atoms with Gasteiger partial charge in [-0.05, 0) is 51.1 Å². The van der Waals surface area contributed by atoms with E-state index in [0.717, 1.165) is 34.0 Å². The van der Waals surface area contributed by atoms with Crippen molar-refractivity contribution < 1.29 is 18.8 Å². The largest absolute Gasteiger partial charge is 0.478 e. The fraction of sp³-hybridized carbons (Fsp3) is 0.154. The van der Waals surface area contributed by atoms with E-state index in [-0.39, 0.29) is 11.6 Å². The molecule has 5 aromatic rings. The zero-order chi connectivity index (χ0) is 24.0. The third-order valence-corrected chi connectivity index (χ3v) is 6.03. The standard InChI is InChI=1S/C26H21FN4O3/c1-14-24(16(3)34-30-14)18-10-20-21(19-8-7-17(26(32)33)11-22(19)27)13-31(25(20)29-12-18)15(2)23-6-4-5-9-28-23/h4-13,15H,1-3H3,(H,32,33). The number of rotatable bonds is 5. The van der Waals surface area contributed by atoms with Crippen LogP contribution in [0.15, 0.2) is 65.6 Å². The molecule has 0 spiro atoms. The van der Waals surface area contributed by atoms with Gasteiger partial charge in [0.05, 0.1) is 23.0 Å². The van der Waals surface area contributed by atoms with Gasteiger partial charge in [0.2, 0.25) is 0 Å². The van der Waals surface area contributed by atoms with Crippen LogP contribution in [0.3, 0.4) is 0 Å². The Morgan fingerprint density at radius 1 is 1.12 bits per heavy atom. The fourth-order valence-electron chi connectivity index (χ4n) is 4.31. The van der Waals surface area contributed by atoms with Crippen molar-refractivity contribution in [3.05, 3.63) is 89.6 Å². The molecule has 7 nitrogen and oxygen atoms in total. The van der Waals surface area contributed by atoms with E-state index in [9.17, 15) is 9.90 Å². The van der Waals surface area contributed by atoms with Gasteiger partial charge >= 0.3 is 5.97 Å². The molecule has 1 N–H and O–H groups in total. The van der Waals surface area contributed by atoms with Gasteiger partial charge in [-0.1, -0.05) is 17.3 Å². The maximum absolute atomic E-state index is 15.1. The smallest absolute Gasteiger partial charge is 0.335 e. The summed E-state index contributed by atoms with van der Waals surface area (Å²) >= 11 is 0. The first kappa shape index (κ1) is 21.5. The van der Waals surface area contributed by atoms with E-state index in [1.54, 1.807) is 12.4 Å². The number of fused-ring (bicyclic) bond motifs is 1. The summed E-state index contributed by atoms with van der Waals surface area (Å²) in [7, 11) is 0. The number of carbonyl (C=O) groups is 1. The number of benzene rings is 1. The maximum Gasteiger partial charge on any atom is 0.335 e. The second kappa shape index (κ2) is 8.22. The van der Waals surface area contributed by atoms with E-state index in [0.29, 0.717) is 22.5 Å². The van der Waals surface area contributed by atoms with Crippen LogP contribution < -0.4 is 0 Å². The summed E-state index contributed by atoms with van der Waals surface area (Å²) in [6, 6.07) is 11.4. The Bertz CT molecular complexity index is 1520. The van der Waals surface area contributed by atoms with Crippen LogP contribution in [0.25, 0.3) is 33.3 Å². The topological polar surface area (TPSA) is 94.0 Å². The Kier molecular flexibility index (Phi) is 5.20. The molecule has 0 radical (unpaired) electrons. The summed E-state index contributed by atoms with van der Waals surface area (Å²) in [4.78, 5) is 20.5. The minimum atomic E-state index is -1.18. The van der Waals surface area contributed by atoms with E-state index in [1.165, 1.54) is 12.1 Å². The van der Waals surface area contributed by atoms with Crippen molar-refractivity contribution in [1.82, 2.24) is 19.7 Å². The van der Waals surface area contributed by atoms with Gasteiger partial charge in [0.25, 0.3) is 0 Å². The Hall–Kier alpha value is -4.33. The van der Waals surface area contributed by atoms with Gasteiger partial charge in [0, 0.05) is 46.2 Å². The van der Waals surface area contributed by atoms with Crippen LogP contribution in [-0.4, -0.2) is 30.8 Å². The molecule has 0 amide bonds. The lowest BCUT2D eigenvalue weighted by Gasteiger charge is -2.14. The highest BCUT2D eigenvalue weighted by Gasteiger charge is 2.22. The van der Waals surface area contributed by atoms with E-state index in [4.69, 9.17) is 9.51 Å². The van der Waals surface area contributed by atoms with Crippen LogP contribution in [-0.2, 0) is 0 Å². The molecule has 0 aliphatic rings. The number of aromatic nitrogens is 4. The van der Waals surface area contributed by atoms with Gasteiger partial charge in [-0.25, -0.2) is 14.2 Å². The van der Waals surface area contributed by atoms with E-state index >= 15 is 4.39 Å². The summed E-state index contributed by atoms with van der Waals surface area (Å²) in [5.41, 5.74) is 4.66. The van der Waals surface area contributed by atoms with Gasteiger partial charge < -0.3 is 14.2 Å². The molecule has 5 rings (SSSR count). The highest BCUT2D eigenvalue weighted by atomic mass is 19.1. The Morgan fingerprint density at radius 3 is 2.59 bits per heavy atom. The van der Waals surface area contributed by atoms with Crippen LogP contribution in [0.1, 0.15) is 40.5 Å². The number of hydrogen-bond donors (Lipinski definition) is 1. The molecule has 0 bridgehead atoms. The molecular weight excluding hydrogens is 435 g/mol. The monoisotopic (exact) mass is 456 g/mol. The van der Waals surface area contributed by atoms with Crippen molar-refractivity contribution in [1.29, 1.82) is 0 Å². The number of aromatic carboxylic acids is 1. The highest BCUT2D eigenvalue weighted by Crippen LogP contribution is 2.37. The minimum absolute atomic E-state index is 0.110. The first-order valence-corrected chi connectivity index (χ1v) is 10.7. The quantitative estimate of drug-likeness (QED) is 0.358. The Morgan fingerprint density at radius 2 is 1.94 bits per heavy atom. The van der Waals surface area contributed by atoms with Gasteiger partial charge in [-0.15, -0.1) is 0 Å². The highest BCUT2D eigenvalue weighted by molar-refractivity contribution is 5.97. The number of nitrogens with zero attached hydrogens (tertiary/aromatic N) is 4. The lowest BCUT2D eigenvalue weighted by molar-refractivity contribution is 0.0696. The number of hydrogen-bond acceptors (Lipinski definition) is 5. The second-order valence-corrected chi connectivity index (χ2v) is 8.17. The molecule has 0 fully saturated rings. The lowest BCUT2D eigenvalue weighted by Crippen LogP contribution is -2.07. The number of pyridine rings is 2. The Balaban J connectivity index is 1.76. The van der Waals surface area contributed by atoms with Crippen molar-refractivity contribution in [2.45, 2.75) is 26.8 Å². The molecule has 0 aliphatic carbocycles. The van der Waals surface area contributed by atoms with Crippen LogP contribution in [0.4, 0.5) is 4.39 Å².